The van der Waals surface area contributed by atoms with E-state index in [0.29, 0.717) is 31.4 Å². The molecule has 0 aliphatic carbocycles. The molecule has 0 spiro atoms. The Hall–Kier alpha value is -2.02. The predicted octanol–water partition coefficient (Wildman–Crippen LogP) is 3.78. The number of rotatable bonds is 1. The maximum absolute atomic E-state index is 12.4. The van der Waals surface area contributed by atoms with Crippen LogP contribution in [0.25, 0.3) is 22.3 Å². The van der Waals surface area contributed by atoms with Gasteiger partial charge in [-0.2, -0.15) is 0 Å². The molecule has 1 aromatic heterocycles. The van der Waals surface area contributed by atoms with Gasteiger partial charge < -0.3 is 14.6 Å². The van der Waals surface area contributed by atoms with Crippen molar-refractivity contribution in [1.29, 1.82) is 0 Å². The van der Waals surface area contributed by atoms with E-state index >= 15 is 0 Å². The molecule has 0 fully saturated rings. The molecule has 0 atom stereocenters. The van der Waals surface area contributed by atoms with E-state index in [1.54, 1.807) is 31.2 Å². The van der Waals surface area contributed by atoms with Gasteiger partial charge in [0.2, 0.25) is 0 Å². The molecule has 0 aliphatic rings. The Labute approximate surface area is 133 Å². The van der Waals surface area contributed by atoms with Crippen molar-refractivity contribution >= 4 is 33.6 Å². The molecule has 1 heterocycles. The van der Waals surface area contributed by atoms with Gasteiger partial charge in [0.1, 0.15) is 22.8 Å². The standard InChI is InChI=1S/C16H11IO4/c1-8-15(20)11-4-3-10(18)7-14(11)21-16(8)9-2-5-13(19)12(17)6-9/h2-7,18-19H,1H3. The maximum atomic E-state index is 12.4. The van der Waals surface area contributed by atoms with E-state index in [0.717, 1.165) is 0 Å². The molecule has 5 heteroatoms. The lowest BCUT2D eigenvalue weighted by atomic mass is 10.1. The molecule has 21 heavy (non-hydrogen) atoms. The molecule has 0 unspecified atom stereocenters. The lowest BCUT2D eigenvalue weighted by Crippen LogP contribution is -2.07. The van der Waals surface area contributed by atoms with Gasteiger partial charge in [-0.25, -0.2) is 0 Å². The van der Waals surface area contributed by atoms with Gasteiger partial charge in [-0.15, -0.1) is 0 Å². The molecule has 0 saturated carbocycles. The summed E-state index contributed by atoms with van der Waals surface area (Å²) in [6.45, 7) is 1.70. The highest BCUT2D eigenvalue weighted by Gasteiger charge is 2.14. The van der Waals surface area contributed by atoms with Crippen molar-refractivity contribution in [3.63, 3.8) is 0 Å². The first-order valence-corrected chi connectivity index (χ1v) is 7.30. The minimum atomic E-state index is -0.130. The first kappa shape index (κ1) is 13.9. The average Bonchev–Trinajstić information content (AvgIpc) is 2.45. The van der Waals surface area contributed by atoms with E-state index in [1.807, 2.05) is 22.6 Å². The minimum Gasteiger partial charge on any atom is -0.508 e. The average molecular weight is 394 g/mol. The first-order valence-electron chi connectivity index (χ1n) is 6.22. The summed E-state index contributed by atoms with van der Waals surface area (Å²) in [6, 6.07) is 9.43. The molecule has 0 bridgehead atoms. The summed E-state index contributed by atoms with van der Waals surface area (Å²) in [6.07, 6.45) is 0. The van der Waals surface area contributed by atoms with Crippen LogP contribution in [0.4, 0.5) is 0 Å². The highest BCUT2D eigenvalue weighted by Crippen LogP contribution is 2.30. The zero-order chi connectivity index (χ0) is 15.1. The van der Waals surface area contributed by atoms with Crippen LogP contribution in [-0.2, 0) is 0 Å². The van der Waals surface area contributed by atoms with E-state index in [-0.39, 0.29) is 16.9 Å². The third-order valence-electron chi connectivity index (χ3n) is 3.31. The monoisotopic (exact) mass is 394 g/mol. The highest BCUT2D eigenvalue weighted by atomic mass is 127. The molecule has 0 radical (unpaired) electrons. The molecule has 106 valence electrons. The number of phenols is 2. The van der Waals surface area contributed by atoms with Crippen molar-refractivity contribution in [2.45, 2.75) is 6.92 Å². The molecular formula is C16H11IO4. The van der Waals surface area contributed by atoms with Gasteiger partial charge in [-0.3, -0.25) is 4.79 Å². The number of hydrogen-bond donors (Lipinski definition) is 2. The van der Waals surface area contributed by atoms with Crippen LogP contribution in [0.5, 0.6) is 11.5 Å². The van der Waals surface area contributed by atoms with Gasteiger partial charge in [-0.05, 0) is 59.8 Å². The minimum absolute atomic E-state index is 0.0424. The summed E-state index contributed by atoms with van der Waals surface area (Å²) in [7, 11) is 0. The summed E-state index contributed by atoms with van der Waals surface area (Å²) in [4.78, 5) is 12.4. The van der Waals surface area contributed by atoms with Crippen LogP contribution >= 0.6 is 22.6 Å². The number of benzene rings is 2. The van der Waals surface area contributed by atoms with Crippen LogP contribution in [-0.4, -0.2) is 10.2 Å². The largest absolute Gasteiger partial charge is 0.508 e. The van der Waals surface area contributed by atoms with Crippen LogP contribution in [0.15, 0.2) is 45.6 Å². The van der Waals surface area contributed by atoms with Crippen LogP contribution in [0.2, 0.25) is 0 Å². The summed E-state index contributed by atoms with van der Waals surface area (Å²) in [5.74, 6) is 0.662. The third kappa shape index (κ3) is 2.37. The quantitative estimate of drug-likeness (QED) is 0.617. The lowest BCUT2D eigenvalue weighted by Gasteiger charge is -2.08. The topological polar surface area (TPSA) is 70.7 Å². The third-order valence-corrected chi connectivity index (χ3v) is 4.18. The SMILES string of the molecule is Cc1c(-c2ccc(O)c(I)c2)oc2cc(O)ccc2c1=O. The number of hydrogen-bond acceptors (Lipinski definition) is 4. The summed E-state index contributed by atoms with van der Waals surface area (Å²) in [5.41, 5.74) is 1.41. The smallest absolute Gasteiger partial charge is 0.196 e. The predicted molar refractivity (Wildman–Crippen MR) is 88.7 cm³/mol. The second-order valence-corrected chi connectivity index (χ2v) is 5.89. The zero-order valence-corrected chi connectivity index (χ0v) is 13.2. The fourth-order valence-electron chi connectivity index (χ4n) is 2.20. The Morgan fingerprint density at radius 3 is 2.57 bits per heavy atom. The van der Waals surface area contributed by atoms with E-state index < -0.39 is 0 Å². The van der Waals surface area contributed by atoms with Gasteiger partial charge in [0.15, 0.2) is 5.43 Å². The van der Waals surface area contributed by atoms with Gasteiger partial charge in [0.05, 0.1) is 8.96 Å². The highest BCUT2D eigenvalue weighted by molar-refractivity contribution is 14.1. The Morgan fingerprint density at radius 2 is 1.86 bits per heavy atom. The summed E-state index contributed by atoms with van der Waals surface area (Å²) < 4.78 is 6.46. The fraction of sp³-hybridized carbons (Fsp3) is 0.0625. The molecule has 4 nitrogen and oxygen atoms in total. The van der Waals surface area contributed by atoms with Crippen molar-refractivity contribution in [3.05, 3.63) is 55.8 Å². The van der Waals surface area contributed by atoms with Crippen molar-refractivity contribution in [3.8, 4) is 22.8 Å². The van der Waals surface area contributed by atoms with Gasteiger partial charge >= 0.3 is 0 Å². The molecular weight excluding hydrogens is 383 g/mol. The second kappa shape index (κ2) is 5.07. The zero-order valence-electron chi connectivity index (χ0n) is 11.1. The molecule has 0 aliphatic heterocycles. The molecule has 2 N–H and O–H groups in total. The van der Waals surface area contributed by atoms with Crippen LogP contribution in [0.1, 0.15) is 5.56 Å². The normalized spacial score (nSPS) is 11.0. The first-order chi connectivity index (χ1) is 9.97. The Balaban J connectivity index is 2.34. The van der Waals surface area contributed by atoms with E-state index in [1.165, 1.54) is 12.1 Å². The Kier molecular flexibility index (Phi) is 3.36. The van der Waals surface area contributed by atoms with Gasteiger partial charge in [0, 0.05) is 17.2 Å². The summed E-state index contributed by atoms with van der Waals surface area (Å²) >= 11 is 2.01. The molecule has 3 aromatic rings. The van der Waals surface area contributed by atoms with Crippen LogP contribution in [0, 0.1) is 10.5 Å². The van der Waals surface area contributed by atoms with E-state index in [4.69, 9.17) is 4.42 Å². The number of fused-ring (bicyclic) bond motifs is 1. The second-order valence-electron chi connectivity index (χ2n) is 4.73. The molecule has 3 rings (SSSR count). The maximum Gasteiger partial charge on any atom is 0.196 e. The van der Waals surface area contributed by atoms with Crippen molar-refractivity contribution < 1.29 is 14.6 Å². The van der Waals surface area contributed by atoms with Crippen LogP contribution < -0.4 is 5.43 Å². The number of aromatic hydroxyl groups is 2. The van der Waals surface area contributed by atoms with Gasteiger partial charge in [-0.1, -0.05) is 0 Å². The fourth-order valence-corrected chi connectivity index (χ4v) is 2.71. The number of phenolic OH excluding ortho intramolecular Hbond substituents is 2. The lowest BCUT2D eigenvalue weighted by molar-refractivity contribution is 0.471. The molecule has 0 saturated heterocycles. The molecule has 2 aromatic carbocycles. The van der Waals surface area contributed by atoms with Crippen molar-refractivity contribution in [2.24, 2.45) is 0 Å². The number of halogens is 1. The van der Waals surface area contributed by atoms with E-state index in [9.17, 15) is 15.0 Å². The van der Waals surface area contributed by atoms with Crippen molar-refractivity contribution in [1.82, 2.24) is 0 Å². The van der Waals surface area contributed by atoms with Gasteiger partial charge in [0.25, 0.3) is 0 Å². The van der Waals surface area contributed by atoms with Crippen LogP contribution in [0.3, 0.4) is 0 Å². The molecule has 0 amide bonds. The summed E-state index contributed by atoms with van der Waals surface area (Å²) in [5, 5.41) is 19.6. The van der Waals surface area contributed by atoms with Crippen molar-refractivity contribution in [2.75, 3.05) is 0 Å². The Bertz CT molecular complexity index is 912. The Morgan fingerprint density at radius 1 is 1.10 bits per heavy atom. The van der Waals surface area contributed by atoms with E-state index in [2.05, 4.69) is 0 Å².